The van der Waals surface area contributed by atoms with Gasteiger partial charge in [0.15, 0.2) is 11.5 Å². The Morgan fingerprint density at radius 1 is 1.00 bits per heavy atom. The van der Waals surface area contributed by atoms with Crippen LogP contribution in [0.2, 0.25) is 0 Å². The van der Waals surface area contributed by atoms with Crippen LogP contribution in [0, 0.1) is 6.92 Å². The summed E-state index contributed by atoms with van der Waals surface area (Å²) >= 11 is 0. The lowest BCUT2D eigenvalue weighted by atomic mass is 10.2. The molecular formula is C21H25N3O5S. The number of nitrogens with zero attached hydrogens (tertiary/aromatic N) is 2. The number of piperazine rings is 1. The molecule has 0 radical (unpaired) electrons. The van der Waals surface area contributed by atoms with Crippen LogP contribution in [0.1, 0.15) is 15.9 Å². The first kappa shape index (κ1) is 20.6. The summed E-state index contributed by atoms with van der Waals surface area (Å²) in [6.45, 7) is 5.38. The maximum Gasteiger partial charge on any atom is 0.251 e. The smallest absolute Gasteiger partial charge is 0.251 e. The summed E-state index contributed by atoms with van der Waals surface area (Å²) in [5.74, 6) is 1.05. The minimum Gasteiger partial charge on any atom is -0.454 e. The Balaban J connectivity index is 1.24. The number of aryl methyl sites for hydroxylation is 1. The van der Waals surface area contributed by atoms with Crippen LogP contribution in [0.15, 0.2) is 47.4 Å². The number of fused-ring (bicyclic) bond motifs is 1. The van der Waals surface area contributed by atoms with Crippen LogP contribution in [-0.4, -0.2) is 69.6 Å². The van der Waals surface area contributed by atoms with E-state index in [0.717, 1.165) is 5.56 Å². The minimum absolute atomic E-state index is 0.172. The molecule has 2 heterocycles. The number of hydrogen-bond acceptors (Lipinski definition) is 6. The van der Waals surface area contributed by atoms with Crippen LogP contribution in [0.25, 0.3) is 0 Å². The van der Waals surface area contributed by atoms with E-state index in [4.69, 9.17) is 9.47 Å². The van der Waals surface area contributed by atoms with E-state index in [2.05, 4.69) is 10.2 Å². The zero-order chi connectivity index (χ0) is 21.1. The van der Waals surface area contributed by atoms with Crippen LogP contribution in [0.4, 0.5) is 0 Å². The van der Waals surface area contributed by atoms with Gasteiger partial charge in [-0.05, 0) is 37.3 Å². The van der Waals surface area contributed by atoms with Crippen molar-refractivity contribution in [1.82, 2.24) is 14.5 Å². The fourth-order valence-electron chi connectivity index (χ4n) is 3.52. The van der Waals surface area contributed by atoms with Crippen LogP contribution in [0.5, 0.6) is 11.5 Å². The predicted octanol–water partition coefficient (Wildman–Crippen LogP) is 1.46. The summed E-state index contributed by atoms with van der Waals surface area (Å²) < 4.78 is 37.6. The second-order valence-electron chi connectivity index (χ2n) is 7.38. The second kappa shape index (κ2) is 8.63. The fourth-order valence-corrected chi connectivity index (χ4v) is 4.94. The molecule has 0 bridgehead atoms. The summed E-state index contributed by atoms with van der Waals surface area (Å²) in [5, 5.41) is 2.90. The molecule has 2 aliphatic rings. The highest BCUT2D eigenvalue weighted by molar-refractivity contribution is 7.89. The molecule has 0 aromatic heterocycles. The van der Waals surface area contributed by atoms with Gasteiger partial charge in [0, 0.05) is 44.8 Å². The topological polar surface area (TPSA) is 88.2 Å². The lowest BCUT2D eigenvalue weighted by Crippen LogP contribution is -2.50. The zero-order valence-electron chi connectivity index (χ0n) is 16.8. The van der Waals surface area contributed by atoms with E-state index >= 15 is 0 Å². The molecule has 1 amide bonds. The van der Waals surface area contributed by atoms with Gasteiger partial charge in [-0.2, -0.15) is 4.31 Å². The van der Waals surface area contributed by atoms with Crippen molar-refractivity contribution in [1.29, 1.82) is 0 Å². The summed E-state index contributed by atoms with van der Waals surface area (Å²) in [5.41, 5.74) is 1.55. The average Bonchev–Trinajstić information content (AvgIpc) is 3.22. The molecule has 0 aliphatic carbocycles. The number of rotatable bonds is 6. The number of hydrogen-bond donors (Lipinski definition) is 1. The van der Waals surface area contributed by atoms with E-state index in [0.29, 0.717) is 61.2 Å². The summed E-state index contributed by atoms with van der Waals surface area (Å²) in [6, 6.07) is 12.0. The van der Waals surface area contributed by atoms with Gasteiger partial charge in [0.1, 0.15) is 0 Å². The summed E-state index contributed by atoms with van der Waals surface area (Å²) in [6.07, 6.45) is 0. The maximum atomic E-state index is 12.8. The van der Waals surface area contributed by atoms with Gasteiger partial charge in [-0.3, -0.25) is 9.69 Å². The highest BCUT2D eigenvalue weighted by atomic mass is 32.2. The lowest BCUT2D eigenvalue weighted by molar-refractivity contribution is 0.0944. The SMILES string of the molecule is Cc1ccc(S(=O)(=O)N2CCN(CCNC(=O)c3ccc4c(c3)OCO4)CC2)cc1. The van der Waals surface area contributed by atoms with Crippen molar-refractivity contribution in [2.75, 3.05) is 46.1 Å². The fraction of sp³-hybridized carbons (Fsp3) is 0.381. The Kier molecular flexibility index (Phi) is 5.94. The first-order valence-electron chi connectivity index (χ1n) is 9.90. The molecule has 9 heteroatoms. The number of amides is 1. The van der Waals surface area contributed by atoms with Gasteiger partial charge in [-0.15, -0.1) is 0 Å². The van der Waals surface area contributed by atoms with Gasteiger partial charge in [-0.1, -0.05) is 17.7 Å². The van der Waals surface area contributed by atoms with E-state index in [1.54, 1.807) is 30.3 Å². The number of benzene rings is 2. The number of ether oxygens (including phenoxy) is 2. The number of sulfonamides is 1. The Morgan fingerprint density at radius 3 is 2.43 bits per heavy atom. The monoisotopic (exact) mass is 431 g/mol. The highest BCUT2D eigenvalue weighted by Crippen LogP contribution is 2.32. The summed E-state index contributed by atoms with van der Waals surface area (Å²) in [7, 11) is -3.46. The first-order valence-corrected chi connectivity index (χ1v) is 11.3. The molecule has 2 aromatic rings. The van der Waals surface area contributed by atoms with Crippen molar-refractivity contribution < 1.29 is 22.7 Å². The third-order valence-corrected chi connectivity index (χ3v) is 7.25. The molecule has 2 aromatic carbocycles. The van der Waals surface area contributed by atoms with Crippen LogP contribution in [-0.2, 0) is 10.0 Å². The predicted molar refractivity (Wildman–Crippen MR) is 111 cm³/mol. The van der Waals surface area contributed by atoms with Crippen LogP contribution < -0.4 is 14.8 Å². The molecule has 30 heavy (non-hydrogen) atoms. The van der Waals surface area contributed by atoms with Crippen molar-refractivity contribution in [2.24, 2.45) is 0 Å². The maximum absolute atomic E-state index is 12.8. The molecule has 1 fully saturated rings. The Labute approximate surface area is 176 Å². The van der Waals surface area contributed by atoms with E-state index in [-0.39, 0.29) is 12.7 Å². The van der Waals surface area contributed by atoms with Crippen LogP contribution >= 0.6 is 0 Å². The largest absolute Gasteiger partial charge is 0.454 e. The first-order chi connectivity index (χ1) is 14.4. The van der Waals surface area contributed by atoms with E-state index < -0.39 is 10.0 Å². The molecule has 0 saturated carbocycles. The van der Waals surface area contributed by atoms with Crippen molar-refractivity contribution in [2.45, 2.75) is 11.8 Å². The minimum atomic E-state index is -3.46. The molecule has 0 spiro atoms. The van der Waals surface area contributed by atoms with Gasteiger partial charge in [0.25, 0.3) is 5.91 Å². The lowest BCUT2D eigenvalue weighted by Gasteiger charge is -2.34. The van der Waals surface area contributed by atoms with E-state index in [1.807, 2.05) is 19.1 Å². The molecule has 2 aliphatic heterocycles. The molecule has 0 atom stereocenters. The Morgan fingerprint density at radius 2 is 1.70 bits per heavy atom. The van der Waals surface area contributed by atoms with Crippen molar-refractivity contribution in [3.63, 3.8) is 0 Å². The second-order valence-corrected chi connectivity index (χ2v) is 9.32. The Bertz CT molecular complexity index is 1020. The number of carbonyl (C=O) groups is 1. The molecule has 1 N–H and O–H groups in total. The molecule has 0 unspecified atom stereocenters. The molecule has 1 saturated heterocycles. The summed E-state index contributed by atoms with van der Waals surface area (Å²) in [4.78, 5) is 14.8. The van der Waals surface area contributed by atoms with Gasteiger partial charge in [-0.25, -0.2) is 8.42 Å². The zero-order valence-corrected chi connectivity index (χ0v) is 17.7. The molecule has 4 rings (SSSR count). The molecular weight excluding hydrogens is 406 g/mol. The molecule has 8 nitrogen and oxygen atoms in total. The van der Waals surface area contributed by atoms with E-state index in [1.165, 1.54) is 4.31 Å². The van der Waals surface area contributed by atoms with Crippen LogP contribution in [0.3, 0.4) is 0 Å². The quantitative estimate of drug-likeness (QED) is 0.745. The standard InChI is InChI=1S/C21H25N3O5S/c1-16-2-5-18(6-3-16)30(26,27)24-12-10-23(11-13-24)9-8-22-21(25)17-4-7-19-20(14-17)29-15-28-19/h2-7,14H,8-13,15H2,1H3,(H,22,25). The van der Waals surface area contributed by atoms with E-state index in [9.17, 15) is 13.2 Å². The Hall–Kier alpha value is -2.62. The average molecular weight is 432 g/mol. The van der Waals surface area contributed by atoms with Gasteiger partial charge in [0.2, 0.25) is 16.8 Å². The normalized spacial score (nSPS) is 17.1. The third kappa shape index (κ3) is 4.43. The van der Waals surface area contributed by atoms with Crippen molar-refractivity contribution in [3.05, 3.63) is 53.6 Å². The molecule has 160 valence electrons. The van der Waals surface area contributed by atoms with Crippen molar-refractivity contribution in [3.8, 4) is 11.5 Å². The number of nitrogens with one attached hydrogen (secondary N) is 1. The highest BCUT2D eigenvalue weighted by Gasteiger charge is 2.28. The number of carbonyl (C=O) groups excluding carboxylic acids is 1. The van der Waals surface area contributed by atoms with Gasteiger partial charge < -0.3 is 14.8 Å². The van der Waals surface area contributed by atoms with Gasteiger partial charge >= 0.3 is 0 Å². The van der Waals surface area contributed by atoms with Gasteiger partial charge in [0.05, 0.1) is 4.90 Å². The third-order valence-electron chi connectivity index (χ3n) is 5.34. The van der Waals surface area contributed by atoms with Crippen molar-refractivity contribution >= 4 is 15.9 Å².